The Hall–Kier alpha value is -2.89. The first-order valence-electron chi connectivity index (χ1n) is 8.88. The Balaban J connectivity index is 1.91. The van der Waals surface area contributed by atoms with Crippen molar-refractivity contribution in [3.8, 4) is 0 Å². The zero-order valence-corrected chi connectivity index (χ0v) is 15.3. The number of benzene rings is 1. The first-order chi connectivity index (χ1) is 12.5. The first-order valence-corrected chi connectivity index (χ1v) is 8.88. The Morgan fingerprint density at radius 3 is 2.81 bits per heavy atom. The lowest BCUT2D eigenvalue weighted by Gasteiger charge is -2.17. The van der Waals surface area contributed by atoms with Gasteiger partial charge >= 0.3 is 0 Å². The number of imidazole rings is 1. The van der Waals surface area contributed by atoms with Crippen molar-refractivity contribution in [2.45, 2.75) is 39.7 Å². The van der Waals surface area contributed by atoms with Crippen LogP contribution in [-0.4, -0.2) is 27.9 Å². The van der Waals surface area contributed by atoms with Crippen molar-refractivity contribution in [2.75, 3.05) is 11.9 Å². The summed E-state index contributed by atoms with van der Waals surface area (Å²) in [6.45, 7) is 8.64. The fourth-order valence-electron chi connectivity index (χ4n) is 3.28. The molecule has 0 saturated heterocycles. The third-order valence-corrected chi connectivity index (χ3v) is 4.57. The van der Waals surface area contributed by atoms with E-state index in [1.807, 2.05) is 36.6 Å². The molecule has 6 heteroatoms. The number of hydrogen-bond donors (Lipinski definition) is 2. The van der Waals surface area contributed by atoms with Crippen LogP contribution in [0.5, 0.6) is 0 Å². The number of nitrogens with one attached hydrogen (secondary N) is 2. The second-order valence-corrected chi connectivity index (χ2v) is 6.61. The van der Waals surface area contributed by atoms with Gasteiger partial charge < -0.3 is 15.2 Å². The van der Waals surface area contributed by atoms with Crippen molar-refractivity contribution >= 4 is 17.5 Å². The molecule has 0 fully saturated rings. The first kappa shape index (κ1) is 17.9. The minimum absolute atomic E-state index is 0.273. The fourth-order valence-corrected chi connectivity index (χ4v) is 3.28. The molecule has 1 aromatic heterocycles. The Bertz CT molecular complexity index is 867. The Labute approximate surface area is 153 Å². The summed E-state index contributed by atoms with van der Waals surface area (Å²) in [4.78, 5) is 29.6. The number of carbonyl (C=O) groups is 2. The molecule has 0 spiro atoms. The standard InChI is InChI=1S/C20H24N4O2/c1-4-10-21-20(26)18-23-17(16-7-5-6-11-24(16)18)19(25)22-15-9-8-13(2)12-14(15)3/h4,8-9,12H,1,5-7,10-11H2,2-3H3,(H,21,26)(H,22,25). The fraction of sp³-hybridized carbons (Fsp3) is 0.350. The van der Waals surface area contributed by atoms with E-state index >= 15 is 0 Å². The molecule has 0 atom stereocenters. The highest BCUT2D eigenvalue weighted by Gasteiger charge is 2.27. The van der Waals surface area contributed by atoms with Crippen molar-refractivity contribution in [3.05, 3.63) is 59.2 Å². The van der Waals surface area contributed by atoms with Gasteiger partial charge in [0.25, 0.3) is 11.8 Å². The van der Waals surface area contributed by atoms with Gasteiger partial charge in [0.15, 0.2) is 11.5 Å². The summed E-state index contributed by atoms with van der Waals surface area (Å²) in [7, 11) is 0. The number of anilines is 1. The molecule has 0 unspecified atom stereocenters. The smallest absolute Gasteiger partial charge is 0.287 e. The summed E-state index contributed by atoms with van der Waals surface area (Å²) in [5, 5.41) is 5.68. The van der Waals surface area contributed by atoms with Crippen molar-refractivity contribution < 1.29 is 9.59 Å². The quantitative estimate of drug-likeness (QED) is 0.812. The van der Waals surface area contributed by atoms with Crippen LogP contribution < -0.4 is 10.6 Å². The van der Waals surface area contributed by atoms with Gasteiger partial charge in [-0.3, -0.25) is 9.59 Å². The summed E-state index contributed by atoms with van der Waals surface area (Å²) in [5.74, 6) is -0.253. The van der Waals surface area contributed by atoms with Gasteiger partial charge in [0, 0.05) is 18.8 Å². The van der Waals surface area contributed by atoms with E-state index in [0.717, 1.165) is 41.8 Å². The number of fused-ring (bicyclic) bond motifs is 1. The van der Waals surface area contributed by atoms with Crippen LogP contribution in [0.15, 0.2) is 30.9 Å². The molecule has 0 saturated carbocycles. The zero-order valence-electron chi connectivity index (χ0n) is 15.3. The maximum atomic E-state index is 12.8. The van der Waals surface area contributed by atoms with Crippen LogP contribution in [0.2, 0.25) is 0 Å². The molecule has 1 aromatic carbocycles. The molecule has 2 N–H and O–H groups in total. The van der Waals surface area contributed by atoms with Gasteiger partial charge in [-0.15, -0.1) is 6.58 Å². The summed E-state index contributed by atoms with van der Waals surface area (Å²) in [6.07, 6.45) is 4.33. The summed E-state index contributed by atoms with van der Waals surface area (Å²) < 4.78 is 1.87. The van der Waals surface area contributed by atoms with Crippen LogP contribution >= 0.6 is 0 Å². The summed E-state index contributed by atoms with van der Waals surface area (Å²) in [5.41, 5.74) is 4.07. The molecule has 0 bridgehead atoms. The zero-order chi connectivity index (χ0) is 18.7. The lowest BCUT2D eigenvalue weighted by atomic mass is 10.1. The van der Waals surface area contributed by atoms with Crippen molar-refractivity contribution in [1.82, 2.24) is 14.9 Å². The van der Waals surface area contributed by atoms with Gasteiger partial charge in [-0.05, 0) is 44.7 Å². The number of amides is 2. The monoisotopic (exact) mass is 352 g/mol. The second kappa shape index (κ2) is 7.56. The average Bonchev–Trinajstić information content (AvgIpc) is 3.02. The highest BCUT2D eigenvalue weighted by Crippen LogP contribution is 2.23. The lowest BCUT2D eigenvalue weighted by Crippen LogP contribution is -2.28. The summed E-state index contributed by atoms with van der Waals surface area (Å²) >= 11 is 0. The number of nitrogens with zero attached hydrogens (tertiary/aromatic N) is 2. The molecule has 1 aliphatic rings. The van der Waals surface area contributed by atoms with E-state index in [4.69, 9.17) is 0 Å². The van der Waals surface area contributed by atoms with Gasteiger partial charge in [0.1, 0.15) is 0 Å². The normalized spacial score (nSPS) is 13.0. The second-order valence-electron chi connectivity index (χ2n) is 6.61. The lowest BCUT2D eigenvalue weighted by molar-refractivity contribution is 0.0942. The van der Waals surface area contributed by atoms with E-state index < -0.39 is 0 Å². The van der Waals surface area contributed by atoms with E-state index in [1.54, 1.807) is 6.08 Å². The largest absolute Gasteiger partial charge is 0.346 e. The third-order valence-electron chi connectivity index (χ3n) is 4.57. The number of hydrogen-bond acceptors (Lipinski definition) is 3. The van der Waals surface area contributed by atoms with Crippen molar-refractivity contribution in [1.29, 1.82) is 0 Å². The number of rotatable bonds is 5. The highest BCUT2D eigenvalue weighted by molar-refractivity contribution is 6.05. The number of carbonyl (C=O) groups excluding carboxylic acids is 2. The van der Waals surface area contributed by atoms with Crippen molar-refractivity contribution in [2.24, 2.45) is 0 Å². The van der Waals surface area contributed by atoms with Crippen molar-refractivity contribution in [3.63, 3.8) is 0 Å². The van der Waals surface area contributed by atoms with Gasteiger partial charge in [-0.1, -0.05) is 23.8 Å². The Morgan fingerprint density at radius 1 is 1.27 bits per heavy atom. The Kier molecular flexibility index (Phi) is 5.21. The number of aromatic nitrogens is 2. The van der Waals surface area contributed by atoms with Crippen LogP contribution in [0, 0.1) is 13.8 Å². The average molecular weight is 352 g/mol. The molecule has 1 aliphatic heterocycles. The Morgan fingerprint density at radius 2 is 2.08 bits per heavy atom. The molecule has 2 aromatic rings. The van der Waals surface area contributed by atoms with Crippen LogP contribution in [-0.2, 0) is 13.0 Å². The van der Waals surface area contributed by atoms with E-state index in [0.29, 0.717) is 24.6 Å². The van der Waals surface area contributed by atoms with Gasteiger partial charge in [0.2, 0.25) is 0 Å². The van der Waals surface area contributed by atoms with Crippen LogP contribution in [0.4, 0.5) is 5.69 Å². The molecule has 2 amide bonds. The molecule has 2 heterocycles. The molecular formula is C20H24N4O2. The topological polar surface area (TPSA) is 76.0 Å². The third kappa shape index (κ3) is 3.54. The minimum atomic E-state index is -0.279. The van der Waals surface area contributed by atoms with E-state index in [2.05, 4.69) is 22.2 Å². The molecule has 0 radical (unpaired) electrons. The summed E-state index contributed by atoms with van der Waals surface area (Å²) in [6, 6.07) is 5.87. The highest BCUT2D eigenvalue weighted by atomic mass is 16.2. The minimum Gasteiger partial charge on any atom is -0.346 e. The molecule has 0 aliphatic carbocycles. The van der Waals surface area contributed by atoms with Gasteiger partial charge in [0.05, 0.1) is 5.69 Å². The molecule has 26 heavy (non-hydrogen) atoms. The van der Waals surface area contributed by atoms with Gasteiger partial charge in [-0.2, -0.15) is 0 Å². The maximum absolute atomic E-state index is 12.8. The maximum Gasteiger partial charge on any atom is 0.287 e. The van der Waals surface area contributed by atoms with E-state index in [9.17, 15) is 9.59 Å². The van der Waals surface area contributed by atoms with Crippen LogP contribution in [0.1, 0.15) is 50.8 Å². The predicted molar refractivity (Wildman–Crippen MR) is 102 cm³/mol. The van der Waals surface area contributed by atoms with Crippen LogP contribution in [0.25, 0.3) is 0 Å². The van der Waals surface area contributed by atoms with E-state index in [-0.39, 0.29) is 11.8 Å². The van der Waals surface area contributed by atoms with Crippen LogP contribution in [0.3, 0.4) is 0 Å². The molecule has 3 rings (SSSR count). The SMILES string of the molecule is C=CCNC(=O)c1nc(C(=O)Nc2ccc(C)cc2C)c2n1CCCC2. The number of aryl methyl sites for hydroxylation is 2. The van der Waals surface area contributed by atoms with E-state index in [1.165, 1.54) is 0 Å². The van der Waals surface area contributed by atoms with Gasteiger partial charge in [-0.25, -0.2) is 4.98 Å². The molecule has 136 valence electrons. The predicted octanol–water partition coefficient (Wildman–Crippen LogP) is 3.00. The molecule has 6 nitrogen and oxygen atoms in total. The molecular weight excluding hydrogens is 328 g/mol.